The van der Waals surface area contributed by atoms with E-state index < -0.39 is 62.2 Å². The van der Waals surface area contributed by atoms with Crippen LogP contribution in [-0.2, 0) is 48.0 Å². The van der Waals surface area contributed by atoms with Crippen LogP contribution in [0.25, 0.3) is 5.52 Å². The zero-order valence-electron chi connectivity index (χ0n) is 25.7. The topological polar surface area (TPSA) is 216 Å². The normalized spacial score (nSPS) is 22.7. The van der Waals surface area contributed by atoms with E-state index >= 15 is 0 Å². The Bertz CT molecular complexity index is 1650. The van der Waals surface area contributed by atoms with Crippen LogP contribution in [0.4, 0.5) is 5.82 Å². The lowest BCUT2D eigenvalue weighted by Crippen LogP contribution is -2.46. The van der Waals surface area contributed by atoms with Crippen LogP contribution in [0.3, 0.4) is 0 Å². The molecule has 1 aromatic carbocycles. The lowest BCUT2D eigenvalue weighted by atomic mass is 9.92. The van der Waals surface area contributed by atoms with Crippen LogP contribution < -0.4 is 15.3 Å². The molecule has 0 saturated carbocycles. The molecule has 1 aliphatic heterocycles. The van der Waals surface area contributed by atoms with Gasteiger partial charge in [-0.3, -0.25) is 18.9 Å². The van der Waals surface area contributed by atoms with Gasteiger partial charge in [0.25, 0.3) is 0 Å². The molecule has 46 heavy (non-hydrogen) atoms. The van der Waals surface area contributed by atoms with Crippen molar-refractivity contribution in [2.24, 2.45) is 0 Å². The number of anilines is 1. The number of nitrogens with one attached hydrogen (secondary N) is 1. The summed E-state index contributed by atoms with van der Waals surface area (Å²) in [5, 5.41) is 17.4. The number of rotatable bonds is 14. The summed E-state index contributed by atoms with van der Waals surface area (Å²) >= 11 is 0. The Morgan fingerprint density at radius 2 is 1.83 bits per heavy atom. The van der Waals surface area contributed by atoms with Crippen LogP contribution in [-0.4, -0.2) is 70.1 Å². The molecule has 17 heteroatoms. The SMILES string of the molecule is CCOC(=O)[C@H](C)NP(=O)(OC[C@H]1O[C@@](C#N)(c2ccc3c(N)ncnn23)[C@H](OC(=O)CC)[C@@H]1OC(=O)CC)Oc1ccccc1. The maximum Gasteiger partial charge on any atom is 0.459 e. The number of nitrogens with zero attached hydrogens (tertiary/aromatic N) is 4. The smallest absolute Gasteiger partial charge is 0.459 e. The van der Waals surface area contributed by atoms with Crippen molar-refractivity contribution < 1.29 is 46.9 Å². The molecule has 2 aromatic heterocycles. The number of esters is 3. The van der Waals surface area contributed by atoms with E-state index in [9.17, 15) is 24.2 Å². The molecule has 3 N–H and O–H groups in total. The Hall–Kier alpha value is -4.55. The molecule has 0 bridgehead atoms. The summed E-state index contributed by atoms with van der Waals surface area (Å²) in [6, 6.07) is 12.0. The van der Waals surface area contributed by atoms with Crippen LogP contribution in [0.1, 0.15) is 46.2 Å². The zero-order valence-corrected chi connectivity index (χ0v) is 26.5. The van der Waals surface area contributed by atoms with E-state index in [0.717, 1.165) is 0 Å². The second-order valence-corrected chi connectivity index (χ2v) is 11.7. The molecule has 6 atom stereocenters. The lowest BCUT2D eigenvalue weighted by Gasteiger charge is -2.28. The van der Waals surface area contributed by atoms with Gasteiger partial charge in [0.05, 0.1) is 18.9 Å². The first-order valence-corrected chi connectivity index (χ1v) is 16.0. The lowest BCUT2D eigenvalue weighted by molar-refractivity contribution is -0.169. The summed E-state index contributed by atoms with van der Waals surface area (Å²) in [5.74, 6) is -1.89. The molecule has 0 aliphatic carbocycles. The number of nitriles is 1. The zero-order chi connectivity index (χ0) is 33.5. The summed E-state index contributed by atoms with van der Waals surface area (Å²) in [6.07, 6.45) is -3.30. The molecular formula is C29H35N6O10P. The first kappa shape index (κ1) is 34.3. The molecule has 16 nitrogen and oxygen atoms in total. The van der Waals surface area contributed by atoms with Crippen molar-refractivity contribution in [2.75, 3.05) is 18.9 Å². The number of hydrogen-bond acceptors (Lipinski definition) is 14. The Kier molecular flexibility index (Phi) is 11.0. The number of hydrogen-bond donors (Lipinski definition) is 2. The van der Waals surface area contributed by atoms with Gasteiger partial charge in [0.15, 0.2) is 18.0 Å². The summed E-state index contributed by atoms with van der Waals surface area (Å²) in [6.45, 7) is 5.58. The molecule has 0 spiro atoms. The van der Waals surface area contributed by atoms with Gasteiger partial charge in [-0.25, -0.2) is 14.1 Å². The number of nitrogens with two attached hydrogens (primary N) is 1. The number of para-hydroxylation sites is 1. The summed E-state index contributed by atoms with van der Waals surface area (Å²) in [5.41, 5.74) is 4.31. The molecular weight excluding hydrogens is 623 g/mol. The standard InChI is InChI=1S/C29H35N6O10P/c1-5-23(36)42-25-21(15-41-46(39,34-18(4)28(38)40-7-3)45-19-11-9-8-10-12-19)44-29(16-30,26(25)43-24(37)6-2)22-14-13-20-27(31)32-17-33-35(20)22/h8-14,17-18,21,25-26H,5-7,15H2,1-4H3,(H,34,39)(H2,31,32,33)/t18-,21+,25+,26+,29-,46?/m0/s1. The minimum absolute atomic E-state index is 0.0654. The predicted octanol–water partition coefficient (Wildman–Crippen LogP) is 2.82. The van der Waals surface area contributed by atoms with Crippen molar-refractivity contribution in [3.05, 3.63) is 54.5 Å². The maximum absolute atomic E-state index is 14.1. The Balaban J connectivity index is 1.76. The number of carbonyl (C=O) groups excluding carboxylic acids is 3. The first-order chi connectivity index (χ1) is 22.0. The molecule has 3 heterocycles. The van der Waals surface area contributed by atoms with Gasteiger partial charge in [-0.2, -0.15) is 15.4 Å². The third kappa shape index (κ3) is 7.29. The van der Waals surface area contributed by atoms with Gasteiger partial charge in [-0.15, -0.1) is 0 Å². The molecule has 1 saturated heterocycles. The third-order valence-corrected chi connectivity index (χ3v) is 8.55. The quantitative estimate of drug-likeness (QED) is 0.145. The van der Waals surface area contributed by atoms with Gasteiger partial charge in [-0.1, -0.05) is 32.0 Å². The van der Waals surface area contributed by atoms with Gasteiger partial charge in [-0.05, 0) is 38.1 Å². The van der Waals surface area contributed by atoms with Gasteiger partial charge in [0.2, 0.25) is 5.60 Å². The fourth-order valence-corrected chi connectivity index (χ4v) is 6.20. The maximum atomic E-state index is 14.1. The van der Waals surface area contributed by atoms with Gasteiger partial charge >= 0.3 is 25.7 Å². The van der Waals surface area contributed by atoms with E-state index in [-0.39, 0.29) is 36.7 Å². The van der Waals surface area contributed by atoms with Gasteiger partial charge in [0.1, 0.15) is 35.8 Å². The minimum atomic E-state index is -4.41. The van der Waals surface area contributed by atoms with Crippen molar-refractivity contribution in [3.8, 4) is 11.8 Å². The van der Waals surface area contributed by atoms with Crippen LogP contribution >= 0.6 is 7.75 Å². The fraction of sp³-hybridized carbons (Fsp3) is 0.448. The molecule has 1 aliphatic rings. The number of nitrogen functional groups attached to an aromatic ring is 1. The van der Waals surface area contributed by atoms with E-state index in [1.807, 2.05) is 0 Å². The van der Waals surface area contributed by atoms with E-state index in [4.69, 9.17) is 33.7 Å². The van der Waals surface area contributed by atoms with Gasteiger partial charge in [0, 0.05) is 12.8 Å². The van der Waals surface area contributed by atoms with Crippen molar-refractivity contribution in [1.82, 2.24) is 19.7 Å². The van der Waals surface area contributed by atoms with Crippen LogP contribution in [0.2, 0.25) is 0 Å². The highest BCUT2D eigenvalue weighted by molar-refractivity contribution is 7.52. The van der Waals surface area contributed by atoms with Crippen molar-refractivity contribution in [2.45, 2.75) is 70.5 Å². The Morgan fingerprint density at radius 1 is 1.13 bits per heavy atom. The molecule has 4 rings (SSSR count). The Morgan fingerprint density at radius 3 is 2.48 bits per heavy atom. The number of fused-ring (bicyclic) bond motifs is 1. The largest absolute Gasteiger partial charge is 0.465 e. The molecule has 1 unspecified atom stereocenters. The van der Waals surface area contributed by atoms with E-state index in [2.05, 4.69) is 21.2 Å². The molecule has 1 fully saturated rings. The van der Waals surface area contributed by atoms with Crippen molar-refractivity contribution in [3.63, 3.8) is 0 Å². The highest BCUT2D eigenvalue weighted by Crippen LogP contribution is 2.48. The third-order valence-electron chi connectivity index (χ3n) is 6.90. The van der Waals surface area contributed by atoms with E-state index in [1.165, 1.54) is 36.0 Å². The fourth-order valence-electron chi connectivity index (χ4n) is 4.70. The molecule has 0 amide bonds. The average Bonchev–Trinajstić information content (AvgIpc) is 3.61. The highest BCUT2D eigenvalue weighted by atomic mass is 31.2. The summed E-state index contributed by atoms with van der Waals surface area (Å²) in [4.78, 5) is 41.7. The van der Waals surface area contributed by atoms with Crippen LogP contribution in [0.15, 0.2) is 48.8 Å². The van der Waals surface area contributed by atoms with Crippen LogP contribution in [0.5, 0.6) is 5.75 Å². The molecule has 3 aromatic rings. The van der Waals surface area contributed by atoms with Crippen LogP contribution in [0, 0.1) is 11.3 Å². The van der Waals surface area contributed by atoms with Crippen molar-refractivity contribution >= 4 is 37.0 Å². The van der Waals surface area contributed by atoms with Crippen molar-refractivity contribution in [1.29, 1.82) is 5.26 Å². The summed E-state index contributed by atoms with van der Waals surface area (Å²) < 4.78 is 49.6. The average molecular weight is 659 g/mol. The van der Waals surface area contributed by atoms with E-state index in [1.54, 1.807) is 45.0 Å². The monoisotopic (exact) mass is 658 g/mol. The second kappa shape index (κ2) is 14.7. The number of carbonyl (C=O) groups is 3. The second-order valence-electron chi connectivity index (χ2n) is 10.0. The predicted molar refractivity (Wildman–Crippen MR) is 160 cm³/mol. The number of benzene rings is 1. The van der Waals surface area contributed by atoms with Gasteiger partial charge < -0.3 is 29.2 Å². The highest BCUT2D eigenvalue weighted by Gasteiger charge is 2.62. The number of ether oxygens (including phenoxy) is 4. The first-order valence-electron chi connectivity index (χ1n) is 14.5. The molecule has 0 radical (unpaired) electrons. The number of aromatic nitrogens is 3. The Labute approximate surface area is 264 Å². The van der Waals surface area contributed by atoms with E-state index in [0.29, 0.717) is 5.52 Å². The molecule has 246 valence electrons. The summed E-state index contributed by atoms with van der Waals surface area (Å²) in [7, 11) is -4.41. The minimum Gasteiger partial charge on any atom is -0.465 e.